The summed E-state index contributed by atoms with van der Waals surface area (Å²) in [6.45, 7) is 0. The molecule has 0 bridgehead atoms. The monoisotopic (exact) mass is 373 g/mol. The van der Waals surface area contributed by atoms with E-state index in [1.54, 1.807) is 31.3 Å². The van der Waals surface area contributed by atoms with E-state index in [1.807, 2.05) is 30.3 Å². The number of nitrogens with one attached hydrogen (secondary N) is 1. The van der Waals surface area contributed by atoms with Crippen molar-refractivity contribution in [2.45, 2.75) is 11.7 Å². The molecule has 25 heavy (non-hydrogen) atoms. The van der Waals surface area contributed by atoms with E-state index in [4.69, 9.17) is 11.6 Å². The Bertz CT molecular complexity index is 809. The quantitative estimate of drug-likeness (QED) is 0.505. The number of thioether (sulfide) groups is 1. The minimum Gasteiger partial charge on any atom is -0.335 e. The van der Waals surface area contributed by atoms with Crippen LogP contribution in [-0.4, -0.2) is 29.3 Å². The maximum atomic E-state index is 12.7. The van der Waals surface area contributed by atoms with E-state index in [0.29, 0.717) is 15.9 Å². The van der Waals surface area contributed by atoms with Crippen molar-refractivity contribution in [1.82, 2.24) is 0 Å². The number of para-hydroxylation sites is 1. The first kappa shape index (κ1) is 17.5. The summed E-state index contributed by atoms with van der Waals surface area (Å²) in [7, 11) is 1.65. The highest BCUT2D eigenvalue weighted by molar-refractivity contribution is 8.15. The van der Waals surface area contributed by atoms with Gasteiger partial charge < -0.3 is 5.32 Å². The maximum absolute atomic E-state index is 12.7. The van der Waals surface area contributed by atoms with Crippen molar-refractivity contribution in [1.29, 1.82) is 0 Å². The molecular weight excluding hydrogens is 358 g/mol. The number of anilines is 2. The van der Waals surface area contributed by atoms with Crippen LogP contribution < -0.4 is 10.2 Å². The number of hydrogen-bond donors (Lipinski definition) is 1. The number of aliphatic imine (C=N–C) groups is 1. The van der Waals surface area contributed by atoms with Gasteiger partial charge in [0.25, 0.3) is 0 Å². The van der Waals surface area contributed by atoms with Crippen LogP contribution in [-0.2, 0) is 9.59 Å². The number of amides is 2. The highest BCUT2D eigenvalue weighted by Crippen LogP contribution is 2.31. The van der Waals surface area contributed by atoms with Gasteiger partial charge in [0, 0.05) is 24.2 Å². The molecule has 1 atom stereocenters. The van der Waals surface area contributed by atoms with Crippen molar-refractivity contribution in [3.63, 3.8) is 0 Å². The predicted molar refractivity (Wildman–Crippen MR) is 103 cm³/mol. The van der Waals surface area contributed by atoms with E-state index >= 15 is 0 Å². The number of benzene rings is 2. The van der Waals surface area contributed by atoms with Crippen molar-refractivity contribution in [3.8, 4) is 0 Å². The lowest BCUT2D eigenvalue weighted by Gasteiger charge is -2.15. The fourth-order valence-corrected chi connectivity index (χ4v) is 3.59. The minimum absolute atomic E-state index is 0.140. The number of carbonyl (C=O) groups is 2. The van der Waals surface area contributed by atoms with Gasteiger partial charge in [0.15, 0.2) is 5.17 Å². The Hall–Kier alpha value is -2.31. The van der Waals surface area contributed by atoms with Gasteiger partial charge in [-0.25, -0.2) is 4.90 Å². The largest absolute Gasteiger partial charge is 0.335 e. The fraction of sp³-hybridized carbons (Fsp3) is 0.167. The third kappa shape index (κ3) is 4.03. The number of imide groups is 1. The second-order valence-electron chi connectivity index (χ2n) is 5.37. The summed E-state index contributed by atoms with van der Waals surface area (Å²) in [6, 6.07) is 16.2. The molecule has 5 nitrogen and oxygen atoms in total. The average Bonchev–Trinajstić information content (AvgIpc) is 2.90. The number of halogens is 1. The number of rotatable bonds is 3. The van der Waals surface area contributed by atoms with E-state index in [-0.39, 0.29) is 18.2 Å². The van der Waals surface area contributed by atoms with Crippen LogP contribution in [0.3, 0.4) is 0 Å². The van der Waals surface area contributed by atoms with E-state index in [9.17, 15) is 9.59 Å². The molecule has 2 aromatic carbocycles. The molecule has 0 unspecified atom stereocenters. The van der Waals surface area contributed by atoms with Crippen LogP contribution in [0, 0.1) is 0 Å². The Kier molecular flexibility index (Phi) is 5.40. The topological polar surface area (TPSA) is 61.8 Å². The summed E-state index contributed by atoms with van der Waals surface area (Å²) in [5.41, 5.74) is 1.41. The van der Waals surface area contributed by atoms with Gasteiger partial charge in [-0.1, -0.05) is 41.6 Å². The smallest absolute Gasteiger partial charge is 0.247 e. The fourth-order valence-electron chi connectivity index (χ4n) is 2.48. The Balaban J connectivity index is 1.72. The summed E-state index contributed by atoms with van der Waals surface area (Å²) in [6.07, 6.45) is 0.140. The number of nitrogens with zero attached hydrogens (tertiary/aromatic N) is 2. The number of hydrogen-bond acceptors (Lipinski definition) is 4. The van der Waals surface area contributed by atoms with E-state index in [0.717, 1.165) is 5.69 Å². The molecule has 0 radical (unpaired) electrons. The Labute approximate surface area is 155 Å². The molecule has 1 fully saturated rings. The SMILES string of the molecule is CN=C(Nc1ccccc1)S[C@@H]1CC(=O)N(c2ccc(Cl)cc2)C1=O. The van der Waals surface area contributed by atoms with Crippen molar-refractivity contribution < 1.29 is 9.59 Å². The van der Waals surface area contributed by atoms with E-state index < -0.39 is 5.25 Å². The number of carbonyl (C=O) groups excluding carboxylic acids is 2. The lowest BCUT2D eigenvalue weighted by molar-refractivity contribution is -0.121. The Morgan fingerprint density at radius 1 is 1.16 bits per heavy atom. The van der Waals surface area contributed by atoms with Crippen molar-refractivity contribution in [2.24, 2.45) is 4.99 Å². The van der Waals surface area contributed by atoms with Crippen molar-refractivity contribution >= 4 is 51.7 Å². The molecule has 128 valence electrons. The molecule has 1 N–H and O–H groups in total. The zero-order chi connectivity index (χ0) is 17.8. The Morgan fingerprint density at radius 2 is 1.84 bits per heavy atom. The van der Waals surface area contributed by atoms with Crippen LogP contribution in [0.5, 0.6) is 0 Å². The second-order valence-corrected chi connectivity index (χ2v) is 7.00. The molecule has 1 saturated heterocycles. The first-order valence-electron chi connectivity index (χ1n) is 7.66. The van der Waals surface area contributed by atoms with Gasteiger partial charge in [-0.15, -0.1) is 0 Å². The molecule has 0 saturated carbocycles. The van der Waals surface area contributed by atoms with Gasteiger partial charge in [-0.3, -0.25) is 14.6 Å². The van der Waals surface area contributed by atoms with Gasteiger partial charge in [-0.2, -0.15) is 0 Å². The molecule has 1 aliphatic rings. The van der Waals surface area contributed by atoms with Gasteiger partial charge >= 0.3 is 0 Å². The molecule has 2 amide bonds. The summed E-state index contributed by atoms with van der Waals surface area (Å²) >= 11 is 7.13. The summed E-state index contributed by atoms with van der Waals surface area (Å²) < 4.78 is 0. The van der Waals surface area contributed by atoms with Gasteiger partial charge in [0.2, 0.25) is 11.8 Å². The standard InChI is InChI=1S/C18H16ClN3O2S/c1-20-18(21-13-5-3-2-4-6-13)25-15-11-16(23)22(17(15)24)14-9-7-12(19)8-10-14/h2-10,15H,11H2,1H3,(H,20,21)/t15-/m1/s1. The van der Waals surface area contributed by atoms with Crippen LogP contribution in [0.25, 0.3) is 0 Å². The molecule has 7 heteroatoms. The van der Waals surface area contributed by atoms with Crippen molar-refractivity contribution in [2.75, 3.05) is 17.3 Å². The van der Waals surface area contributed by atoms with E-state index in [1.165, 1.54) is 16.7 Å². The molecule has 0 aliphatic carbocycles. The molecule has 1 heterocycles. The summed E-state index contributed by atoms with van der Waals surface area (Å²) in [4.78, 5) is 30.4. The van der Waals surface area contributed by atoms with Crippen LogP contribution in [0.15, 0.2) is 59.6 Å². The molecule has 0 aromatic heterocycles. The van der Waals surface area contributed by atoms with Gasteiger partial charge in [0.1, 0.15) is 5.25 Å². The summed E-state index contributed by atoms with van der Waals surface area (Å²) in [5, 5.41) is 3.81. The first-order chi connectivity index (χ1) is 12.1. The highest BCUT2D eigenvalue weighted by Gasteiger charge is 2.40. The molecule has 3 rings (SSSR count). The lowest BCUT2D eigenvalue weighted by Crippen LogP contribution is -2.31. The van der Waals surface area contributed by atoms with Crippen molar-refractivity contribution in [3.05, 3.63) is 59.6 Å². The minimum atomic E-state index is -0.502. The number of amidine groups is 1. The Morgan fingerprint density at radius 3 is 2.48 bits per heavy atom. The van der Waals surface area contributed by atoms with Gasteiger partial charge in [0.05, 0.1) is 5.69 Å². The zero-order valence-corrected chi connectivity index (χ0v) is 15.1. The maximum Gasteiger partial charge on any atom is 0.247 e. The van der Waals surface area contributed by atoms with Gasteiger partial charge in [-0.05, 0) is 36.4 Å². The first-order valence-corrected chi connectivity index (χ1v) is 8.92. The van der Waals surface area contributed by atoms with Crippen LogP contribution in [0.4, 0.5) is 11.4 Å². The predicted octanol–water partition coefficient (Wildman–Crippen LogP) is 3.80. The van der Waals surface area contributed by atoms with Crippen LogP contribution >= 0.6 is 23.4 Å². The normalized spacial score (nSPS) is 17.9. The summed E-state index contributed by atoms with van der Waals surface area (Å²) in [5.74, 6) is -0.465. The molecule has 1 aliphatic heterocycles. The lowest BCUT2D eigenvalue weighted by atomic mass is 10.3. The van der Waals surface area contributed by atoms with Crippen LogP contribution in [0.2, 0.25) is 5.02 Å². The molecule has 2 aromatic rings. The molecular formula is C18H16ClN3O2S. The van der Waals surface area contributed by atoms with Crippen LogP contribution in [0.1, 0.15) is 6.42 Å². The highest BCUT2D eigenvalue weighted by atomic mass is 35.5. The second kappa shape index (κ2) is 7.72. The molecule has 0 spiro atoms. The van der Waals surface area contributed by atoms with E-state index in [2.05, 4.69) is 10.3 Å². The third-order valence-corrected chi connectivity index (χ3v) is 5.08. The zero-order valence-electron chi connectivity index (χ0n) is 13.5. The third-order valence-electron chi connectivity index (χ3n) is 3.67. The average molecular weight is 374 g/mol.